The van der Waals surface area contributed by atoms with Gasteiger partial charge in [-0.1, -0.05) is 33.6 Å². The summed E-state index contributed by atoms with van der Waals surface area (Å²) in [6.07, 6.45) is 0.806. The average molecular weight is 464 g/mol. The summed E-state index contributed by atoms with van der Waals surface area (Å²) >= 11 is 0. The van der Waals surface area contributed by atoms with E-state index in [0.29, 0.717) is 23.4 Å². The Kier molecular flexibility index (Phi) is 8.01. The summed E-state index contributed by atoms with van der Waals surface area (Å²) in [7, 11) is 1.58. The number of likely N-dealkylation sites (N-methyl/N-ethyl adjacent to an activating group) is 1. The molecule has 3 rings (SSSR count). The summed E-state index contributed by atoms with van der Waals surface area (Å²) in [6.45, 7) is 5.26. The van der Waals surface area contributed by atoms with E-state index >= 15 is 0 Å². The molecule has 0 bridgehead atoms. The highest BCUT2D eigenvalue weighted by molar-refractivity contribution is 5.93. The van der Waals surface area contributed by atoms with E-state index < -0.39 is 30.0 Å². The van der Waals surface area contributed by atoms with Gasteiger partial charge in [0.05, 0.1) is 11.6 Å². The second kappa shape index (κ2) is 10.6. The van der Waals surface area contributed by atoms with Gasteiger partial charge in [-0.2, -0.15) is 5.10 Å². The first-order valence-electron chi connectivity index (χ1n) is 11.3. The van der Waals surface area contributed by atoms with E-state index in [-0.39, 0.29) is 18.4 Å². The van der Waals surface area contributed by atoms with Gasteiger partial charge in [-0.3, -0.25) is 14.9 Å². The molecule has 1 amide bonds. The lowest BCUT2D eigenvalue weighted by Crippen LogP contribution is -2.51. The molecule has 0 radical (unpaired) electrons. The van der Waals surface area contributed by atoms with Crippen LogP contribution in [0.15, 0.2) is 18.5 Å². The van der Waals surface area contributed by atoms with E-state index in [2.05, 4.69) is 27.6 Å². The normalized spacial score (nSPS) is 25.0. The number of unbranched alkanes of at least 4 members (excludes halogenated alkanes) is 2. The van der Waals surface area contributed by atoms with Crippen molar-refractivity contribution >= 4 is 23.2 Å². The lowest BCUT2D eigenvalue weighted by atomic mass is 9.99. The third-order valence-electron chi connectivity index (χ3n) is 5.79. The van der Waals surface area contributed by atoms with Crippen molar-refractivity contribution in [3.63, 3.8) is 0 Å². The molecular formula is C22H33N5O6. The molecule has 4 N–H and O–H groups in total. The molecule has 0 aromatic carbocycles. The van der Waals surface area contributed by atoms with Crippen LogP contribution in [0.25, 0.3) is 5.52 Å². The Morgan fingerprint density at radius 2 is 2.06 bits per heavy atom. The topological polar surface area (TPSA) is 147 Å². The van der Waals surface area contributed by atoms with Gasteiger partial charge in [-0.05, 0) is 25.6 Å². The number of ether oxygens (including phenoxy) is 2. The fraction of sp³-hybridized carbons (Fsp3) is 0.636. The molecule has 2 aromatic rings. The maximum atomic E-state index is 12.3. The van der Waals surface area contributed by atoms with Crippen LogP contribution in [0.5, 0.6) is 0 Å². The molecule has 1 aliphatic heterocycles. The second-order valence-corrected chi connectivity index (χ2v) is 8.49. The SMILES string of the molecule is CCCCCC(=O)Nc1ncnn2c([C@]3(NC)O[C@H](COC(=O)C(C)C)[C@@H](O)[C@H]3O)ccc12. The molecule has 1 aliphatic rings. The van der Waals surface area contributed by atoms with Crippen molar-refractivity contribution in [3.05, 3.63) is 24.2 Å². The highest BCUT2D eigenvalue weighted by Crippen LogP contribution is 2.38. The minimum Gasteiger partial charge on any atom is -0.463 e. The number of aliphatic hydroxyl groups excluding tert-OH is 2. The minimum absolute atomic E-state index is 0.144. The Morgan fingerprint density at radius 3 is 2.73 bits per heavy atom. The molecule has 3 heterocycles. The van der Waals surface area contributed by atoms with Gasteiger partial charge in [-0.15, -0.1) is 0 Å². The summed E-state index contributed by atoms with van der Waals surface area (Å²) < 4.78 is 12.7. The highest BCUT2D eigenvalue weighted by Gasteiger charge is 2.56. The molecule has 4 atom stereocenters. The lowest BCUT2D eigenvalue weighted by molar-refractivity contribution is -0.158. The molecule has 11 nitrogen and oxygen atoms in total. The number of nitrogens with one attached hydrogen (secondary N) is 2. The molecule has 33 heavy (non-hydrogen) atoms. The fourth-order valence-corrected chi connectivity index (χ4v) is 3.87. The summed E-state index contributed by atoms with van der Waals surface area (Å²) in [5.41, 5.74) is -0.628. The molecule has 11 heteroatoms. The maximum absolute atomic E-state index is 12.3. The van der Waals surface area contributed by atoms with Crippen LogP contribution < -0.4 is 10.6 Å². The van der Waals surface area contributed by atoms with E-state index in [1.807, 2.05) is 0 Å². The maximum Gasteiger partial charge on any atom is 0.308 e. The number of carbonyl (C=O) groups excluding carboxylic acids is 2. The van der Waals surface area contributed by atoms with E-state index in [0.717, 1.165) is 19.3 Å². The van der Waals surface area contributed by atoms with Crippen LogP contribution in [0.2, 0.25) is 0 Å². The van der Waals surface area contributed by atoms with Crippen LogP contribution in [0.4, 0.5) is 5.82 Å². The van der Waals surface area contributed by atoms with Crippen molar-refractivity contribution in [3.8, 4) is 0 Å². The zero-order chi connectivity index (χ0) is 24.2. The number of nitrogens with zero attached hydrogens (tertiary/aromatic N) is 3. The number of hydrogen-bond donors (Lipinski definition) is 4. The number of carbonyl (C=O) groups is 2. The number of esters is 1. The zero-order valence-corrected chi connectivity index (χ0v) is 19.4. The fourth-order valence-electron chi connectivity index (χ4n) is 3.87. The van der Waals surface area contributed by atoms with Gasteiger partial charge in [-0.25, -0.2) is 9.50 Å². The predicted octanol–water partition coefficient (Wildman–Crippen LogP) is 0.940. The van der Waals surface area contributed by atoms with Crippen LogP contribution in [-0.2, 0) is 24.8 Å². The Bertz CT molecular complexity index is 979. The first-order chi connectivity index (χ1) is 15.7. The Balaban J connectivity index is 1.86. The van der Waals surface area contributed by atoms with Crippen molar-refractivity contribution in [1.29, 1.82) is 0 Å². The minimum atomic E-state index is -1.53. The monoisotopic (exact) mass is 463 g/mol. The van der Waals surface area contributed by atoms with Crippen LogP contribution >= 0.6 is 0 Å². The number of hydrogen-bond acceptors (Lipinski definition) is 9. The molecule has 0 saturated carbocycles. The second-order valence-electron chi connectivity index (χ2n) is 8.49. The van der Waals surface area contributed by atoms with Crippen molar-refractivity contribution in [1.82, 2.24) is 19.9 Å². The van der Waals surface area contributed by atoms with E-state index in [9.17, 15) is 19.8 Å². The first kappa shape index (κ1) is 25.0. The summed E-state index contributed by atoms with van der Waals surface area (Å²) in [5.74, 6) is -0.568. The van der Waals surface area contributed by atoms with Gasteiger partial charge >= 0.3 is 5.97 Å². The Morgan fingerprint density at radius 1 is 1.30 bits per heavy atom. The van der Waals surface area contributed by atoms with Gasteiger partial charge < -0.3 is 25.0 Å². The number of rotatable bonds is 10. The third kappa shape index (κ3) is 5.01. The smallest absolute Gasteiger partial charge is 0.308 e. The zero-order valence-electron chi connectivity index (χ0n) is 19.4. The highest BCUT2D eigenvalue weighted by atomic mass is 16.6. The molecule has 0 spiro atoms. The van der Waals surface area contributed by atoms with Crippen LogP contribution in [0.3, 0.4) is 0 Å². The third-order valence-corrected chi connectivity index (χ3v) is 5.79. The molecule has 182 valence electrons. The number of aliphatic hydroxyl groups is 2. The number of aromatic nitrogens is 3. The van der Waals surface area contributed by atoms with Gasteiger partial charge in [0.1, 0.15) is 36.8 Å². The van der Waals surface area contributed by atoms with Gasteiger partial charge in [0.15, 0.2) is 11.5 Å². The van der Waals surface area contributed by atoms with Crippen molar-refractivity contribution in [2.45, 2.75) is 70.5 Å². The predicted molar refractivity (Wildman–Crippen MR) is 119 cm³/mol. The van der Waals surface area contributed by atoms with Crippen LogP contribution in [0, 0.1) is 5.92 Å². The molecule has 1 saturated heterocycles. The standard InChI is InChI=1S/C22H33N5O6/c1-5-6-7-8-17(28)26-20-14-9-10-16(27(14)25-12-24-20)22(23-4)19(30)18(29)15(33-22)11-32-21(31)13(2)3/h9-10,12-13,15,18-19,23,29-30H,5-8,11H2,1-4H3,(H,24,25,26,28)/t15-,18-,19-,22+/m1/s1. The molecule has 2 aromatic heterocycles. The van der Waals surface area contributed by atoms with Crippen molar-refractivity contribution in [2.24, 2.45) is 5.92 Å². The van der Waals surface area contributed by atoms with Crippen LogP contribution in [-0.4, -0.2) is 68.7 Å². The Labute approximate surface area is 192 Å². The van der Waals surface area contributed by atoms with Gasteiger partial charge in [0, 0.05) is 6.42 Å². The number of anilines is 1. The van der Waals surface area contributed by atoms with Gasteiger partial charge in [0.2, 0.25) is 5.91 Å². The largest absolute Gasteiger partial charge is 0.463 e. The average Bonchev–Trinajstić information content (AvgIpc) is 3.33. The van der Waals surface area contributed by atoms with E-state index in [1.54, 1.807) is 33.0 Å². The summed E-state index contributed by atoms with van der Waals surface area (Å²) in [4.78, 5) is 28.3. The van der Waals surface area contributed by atoms with E-state index in [1.165, 1.54) is 10.8 Å². The van der Waals surface area contributed by atoms with Crippen molar-refractivity contribution in [2.75, 3.05) is 19.0 Å². The summed E-state index contributed by atoms with van der Waals surface area (Å²) in [6, 6.07) is 3.37. The molecular weight excluding hydrogens is 430 g/mol. The van der Waals surface area contributed by atoms with Gasteiger partial charge in [0.25, 0.3) is 0 Å². The van der Waals surface area contributed by atoms with Crippen molar-refractivity contribution < 1.29 is 29.3 Å². The Hall–Kier alpha value is -2.60. The quantitative estimate of drug-likeness (QED) is 0.298. The first-order valence-corrected chi connectivity index (χ1v) is 11.3. The molecule has 1 fully saturated rings. The number of fused-ring (bicyclic) bond motifs is 1. The number of amides is 1. The summed E-state index contributed by atoms with van der Waals surface area (Å²) in [5, 5.41) is 31.5. The molecule has 0 aliphatic carbocycles. The van der Waals surface area contributed by atoms with Crippen LogP contribution in [0.1, 0.15) is 52.1 Å². The lowest BCUT2D eigenvalue weighted by Gasteiger charge is -2.31. The van der Waals surface area contributed by atoms with E-state index in [4.69, 9.17) is 9.47 Å². The molecule has 0 unspecified atom stereocenters.